The Hall–Kier alpha value is -1.06. The molecule has 2 rings (SSSR count). The molecule has 0 fully saturated rings. The molecule has 3 nitrogen and oxygen atoms in total. The number of hydrogen-bond donors (Lipinski definition) is 2. The van der Waals surface area contributed by atoms with Crippen molar-refractivity contribution in [2.45, 2.75) is 45.1 Å². The first-order valence-electron chi connectivity index (χ1n) is 7.63. The smallest absolute Gasteiger partial charge is 0.122 e. The minimum atomic E-state index is -0.626. The molecule has 0 radical (unpaired) electrons. The molecule has 0 aromatic heterocycles. The molecule has 2 N–H and O–H groups in total. The van der Waals surface area contributed by atoms with Crippen molar-refractivity contribution in [2.75, 3.05) is 19.7 Å². The summed E-state index contributed by atoms with van der Waals surface area (Å²) in [5.41, 5.74) is 0.661. The van der Waals surface area contributed by atoms with Gasteiger partial charge in [0.15, 0.2) is 0 Å². The second kappa shape index (κ2) is 6.59. The van der Waals surface area contributed by atoms with Crippen LogP contribution in [0, 0.1) is 5.92 Å². The summed E-state index contributed by atoms with van der Waals surface area (Å²) in [5, 5.41) is 13.8. The molecule has 1 aliphatic heterocycles. The molecule has 0 saturated heterocycles. The first-order valence-corrected chi connectivity index (χ1v) is 7.63. The third-order valence-electron chi connectivity index (χ3n) is 3.83. The zero-order chi connectivity index (χ0) is 14.6. The zero-order valence-corrected chi connectivity index (χ0v) is 12.9. The highest BCUT2D eigenvalue weighted by molar-refractivity contribution is 5.37. The van der Waals surface area contributed by atoms with Gasteiger partial charge in [0.05, 0.1) is 12.2 Å². The van der Waals surface area contributed by atoms with Gasteiger partial charge in [-0.3, -0.25) is 0 Å². The van der Waals surface area contributed by atoms with E-state index in [1.54, 1.807) is 0 Å². The van der Waals surface area contributed by atoms with Crippen molar-refractivity contribution >= 4 is 0 Å². The van der Waals surface area contributed by atoms with Crippen molar-refractivity contribution < 1.29 is 9.84 Å². The number of benzene rings is 1. The number of hydrogen-bond acceptors (Lipinski definition) is 3. The minimum Gasteiger partial charge on any atom is -0.493 e. The number of nitrogens with one attached hydrogen (secondary N) is 1. The molecule has 20 heavy (non-hydrogen) atoms. The van der Waals surface area contributed by atoms with E-state index in [2.05, 4.69) is 31.3 Å². The summed E-state index contributed by atoms with van der Waals surface area (Å²) < 4.78 is 5.68. The predicted molar refractivity (Wildman–Crippen MR) is 82.2 cm³/mol. The maximum atomic E-state index is 10.3. The summed E-state index contributed by atoms with van der Waals surface area (Å²) in [6.07, 6.45) is 1.86. The average molecular weight is 277 g/mol. The molecule has 0 aliphatic carbocycles. The lowest BCUT2D eigenvalue weighted by Crippen LogP contribution is -2.40. The second-order valence-electron chi connectivity index (χ2n) is 6.60. The third kappa shape index (κ3) is 4.22. The molecule has 1 aliphatic rings. The van der Waals surface area contributed by atoms with Crippen molar-refractivity contribution in [2.24, 2.45) is 5.92 Å². The average Bonchev–Trinajstić information content (AvgIpc) is 2.37. The lowest BCUT2D eigenvalue weighted by Gasteiger charge is -2.29. The van der Waals surface area contributed by atoms with Gasteiger partial charge >= 0.3 is 0 Å². The van der Waals surface area contributed by atoms with Gasteiger partial charge in [0, 0.05) is 19.0 Å². The van der Waals surface area contributed by atoms with Gasteiger partial charge in [-0.1, -0.05) is 32.0 Å². The fourth-order valence-electron chi connectivity index (χ4n) is 3.10. The van der Waals surface area contributed by atoms with Crippen LogP contribution in [-0.4, -0.2) is 30.4 Å². The zero-order valence-electron chi connectivity index (χ0n) is 12.9. The van der Waals surface area contributed by atoms with Gasteiger partial charge < -0.3 is 15.2 Å². The van der Waals surface area contributed by atoms with Crippen LogP contribution in [0.2, 0.25) is 0 Å². The Balaban J connectivity index is 1.86. The van der Waals surface area contributed by atoms with E-state index in [1.807, 2.05) is 19.1 Å². The number of aliphatic hydroxyl groups is 1. The SMILES string of the molecule is CC(C)CC(C)(O)CNCC1CCOc2ccccc21. The van der Waals surface area contributed by atoms with Crippen molar-refractivity contribution in [3.05, 3.63) is 29.8 Å². The van der Waals surface area contributed by atoms with Crippen LogP contribution >= 0.6 is 0 Å². The van der Waals surface area contributed by atoms with Crippen LogP contribution in [0.4, 0.5) is 0 Å². The number of ether oxygens (including phenoxy) is 1. The van der Waals surface area contributed by atoms with E-state index >= 15 is 0 Å². The Morgan fingerprint density at radius 2 is 2.15 bits per heavy atom. The maximum absolute atomic E-state index is 10.3. The fraction of sp³-hybridized carbons (Fsp3) is 0.647. The van der Waals surface area contributed by atoms with E-state index in [0.29, 0.717) is 18.4 Å². The van der Waals surface area contributed by atoms with Gasteiger partial charge in [0.1, 0.15) is 5.75 Å². The molecule has 2 atom stereocenters. The Bertz CT molecular complexity index is 429. The van der Waals surface area contributed by atoms with Gasteiger partial charge in [-0.15, -0.1) is 0 Å². The molecule has 0 amide bonds. The standard InChI is InChI=1S/C17H27NO2/c1-13(2)10-17(3,19)12-18-11-14-8-9-20-16-7-5-4-6-15(14)16/h4-7,13-14,18-19H,8-12H2,1-3H3. The molecule has 3 heteroatoms. The summed E-state index contributed by atoms with van der Waals surface area (Å²) in [4.78, 5) is 0. The van der Waals surface area contributed by atoms with E-state index in [1.165, 1.54) is 5.56 Å². The van der Waals surface area contributed by atoms with Crippen molar-refractivity contribution in [1.29, 1.82) is 0 Å². The monoisotopic (exact) mass is 277 g/mol. The molecule has 0 spiro atoms. The highest BCUT2D eigenvalue weighted by Gasteiger charge is 2.24. The molecule has 1 heterocycles. The van der Waals surface area contributed by atoms with E-state index in [0.717, 1.165) is 31.7 Å². The van der Waals surface area contributed by atoms with E-state index in [-0.39, 0.29) is 0 Å². The predicted octanol–water partition coefficient (Wildman–Crippen LogP) is 2.94. The molecule has 112 valence electrons. The summed E-state index contributed by atoms with van der Waals surface area (Å²) in [6, 6.07) is 8.26. The highest BCUT2D eigenvalue weighted by atomic mass is 16.5. The molecule has 0 saturated carbocycles. The quantitative estimate of drug-likeness (QED) is 0.840. The van der Waals surface area contributed by atoms with Gasteiger partial charge in [-0.2, -0.15) is 0 Å². The number of fused-ring (bicyclic) bond motifs is 1. The van der Waals surface area contributed by atoms with E-state index in [9.17, 15) is 5.11 Å². The molecular formula is C17H27NO2. The van der Waals surface area contributed by atoms with Crippen molar-refractivity contribution in [1.82, 2.24) is 5.32 Å². The van der Waals surface area contributed by atoms with Gasteiger partial charge in [0.25, 0.3) is 0 Å². The Labute approximate surface area is 122 Å². The first kappa shape index (κ1) is 15.3. The second-order valence-corrected chi connectivity index (χ2v) is 6.60. The van der Waals surface area contributed by atoms with Crippen molar-refractivity contribution in [3.63, 3.8) is 0 Å². The third-order valence-corrected chi connectivity index (χ3v) is 3.83. The number of para-hydroxylation sites is 1. The van der Waals surface area contributed by atoms with Crippen molar-refractivity contribution in [3.8, 4) is 5.75 Å². The van der Waals surface area contributed by atoms with Gasteiger partial charge in [-0.25, -0.2) is 0 Å². The lowest BCUT2D eigenvalue weighted by atomic mass is 9.91. The van der Waals surface area contributed by atoms with E-state index < -0.39 is 5.60 Å². The lowest BCUT2D eigenvalue weighted by molar-refractivity contribution is 0.0382. The molecule has 1 aromatic rings. The fourth-order valence-corrected chi connectivity index (χ4v) is 3.10. The van der Waals surface area contributed by atoms with Crippen LogP contribution in [0.1, 0.15) is 45.1 Å². The summed E-state index contributed by atoms with van der Waals surface area (Å²) in [7, 11) is 0. The van der Waals surface area contributed by atoms with Crippen LogP contribution in [0.15, 0.2) is 24.3 Å². The van der Waals surface area contributed by atoms with Crippen LogP contribution in [0.3, 0.4) is 0 Å². The highest BCUT2D eigenvalue weighted by Crippen LogP contribution is 2.32. The maximum Gasteiger partial charge on any atom is 0.122 e. The summed E-state index contributed by atoms with van der Waals surface area (Å²) in [5.74, 6) is 2.00. The Morgan fingerprint density at radius 1 is 1.40 bits per heavy atom. The first-order chi connectivity index (χ1) is 9.48. The summed E-state index contributed by atoms with van der Waals surface area (Å²) >= 11 is 0. The molecule has 2 unspecified atom stereocenters. The summed E-state index contributed by atoms with van der Waals surface area (Å²) in [6.45, 7) is 8.52. The van der Waals surface area contributed by atoms with Crippen LogP contribution in [-0.2, 0) is 0 Å². The van der Waals surface area contributed by atoms with Gasteiger partial charge in [-0.05, 0) is 37.3 Å². The molecule has 1 aromatic carbocycles. The minimum absolute atomic E-state index is 0.481. The van der Waals surface area contributed by atoms with Crippen LogP contribution in [0.5, 0.6) is 5.75 Å². The van der Waals surface area contributed by atoms with E-state index in [4.69, 9.17) is 4.74 Å². The largest absolute Gasteiger partial charge is 0.493 e. The van der Waals surface area contributed by atoms with Crippen LogP contribution in [0.25, 0.3) is 0 Å². The Morgan fingerprint density at radius 3 is 2.90 bits per heavy atom. The topological polar surface area (TPSA) is 41.5 Å². The molecular weight excluding hydrogens is 250 g/mol. The van der Waals surface area contributed by atoms with Crippen LogP contribution < -0.4 is 10.1 Å². The normalized spacial score (nSPS) is 21.1. The van der Waals surface area contributed by atoms with Gasteiger partial charge in [0.2, 0.25) is 0 Å². The molecule has 0 bridgehead atoms. The number of rotatable bonds is 6. The Kier molecular flexibility index (Phi) is 5.06.